The molecule has 0 radical (unpaired) electrons. The van der Waals surface area contributed by atoms with Crippen LogP contribution in [0.5, 0.6) is 11.5 Å². The average Bonchev–Trinajstić information content (AvgIpc) is 2.46. The van der Waals surface area contributed by atoms with Gasteiger partial charge >= 0.3 is 11.9 Å². The summed E-state index contributed by atoms with van der Waals surface area (Å²) in [5.74, 6) is -1.08. The molecule has 6 nitrogen and oxygen atoms in total. The van der Waals surface area contributed by atoms with Crippen LogP contribution in [0.2, 0.25) is 0 Å². The van der Waals surface area contributed by atoms with Crippen molar-refractivity contribution in [2.75, 3.05) is 6.61 Å². The van der Waals surface area contributed by atoms with Crippen molar-refractivity contribution >= 4 is 11.9 Å². The number of carboxylic acid groups (broad SMARTS) is 1. The highest BCUT2D eigenvalue weighted by atomic mass is 16.6. The van der Waals surface area contributed by atoms with Crippen LogP contribution >= 0.6 is 0 Å². The summed E-state index contributed by atoms with van der Waals surface area (Å²) in [5, 5.41) is 9.27. The summed E-state index contributed by atoms with van der Waals surface area (Å²) in [7, 11) is 0. The van der Waals surface area contributed by atoms with Crippen LogP contribution in [-0.4, -0.2) is 35.4 Å². The molecular weight excluding hydrogens is 252 g/mol. The maximum absolute atomic E-state index is 11.3. The van der Waals surface area contributed by atoms with Gasteiger partial charge in [-0.3, -0.25) is 4.79 Å². The summed E-state index contributed by atoms with van der Waals surface area (Å²) in [6.07, 6.45) is -1.33. The molecular formula is C13H14O6. The fourth-order valence-electron chi connectivity index (χ4n) is 1.94. The third-order valence-electron chi connectivity index (χ3n) is 2.76. The van der Waals surface area contributed by atoms with Crippen LogP contribution in [0.3, 0.4) is 0 Å². The maximum atomic E-state index is 11.3. The van der Waals surface area contributed by atoms with Gasteiger partial charge < -0.3 is 19.3 Å². The van der Waals surface area contributed by atoms with Gasteiger partial charge in [0.15, 0.2) is 17.1 Å². The largest absolute Gasteiger partial charge is 0.485 e. The number of para-hydroxylation sites is 2. The van der Waals surface area contributed by atoms with Gasteiger partial charge in [0.2, 0.25) is 6.10 Å². The topological polar surface area (TPSA) is 82.1 Å². The molecule has 0 saturated carbocycles. The Hall–Kier alpha value is -2.24. The molecule has 1 aromatic rings. The van der Waals surface area contributed by atoms with Crippen molar-refractivity contribution in [2.45, 2.75) is 25.6 Å². The molecule has 6 heteroatoms. The minimum absolute atomic E-state index is 0.0967. The summed E-state index contributed by atoms with van der Waals surface area (Å²) in [5.41, 5.74) is -1.39. The standard InChI is InChI=1S/C13H14O6/c1-8(14)19-13(2)7-17-9-5-3-4-6-10(9)18-11(13)12(15)16/h3-6,11H,7H2,1-2H3,(H,15,16). The molecule has 0 amide bonds. The number of carbonyl (C=O) groups is 2. The highest BCUT2D eigenvalue weighted by Crippen LogP contribution is 2.34. The van der Waals surface area contributed by atoms with Crippen LogP contribution < -0.4 is 9.47 Å². The maximum Gasteiger partial charge on any atom is 0.349 e. The van der Waals surface area contributed by atoms with E-state index in [0.29, 0.717) is 11.5 Å². The summed E-state index contributed by atoms with van der Waals surface area (Å²) < 4.78 is 16.0. The first kappa shape index (κ1) is 13.2. The Bertz CT molecular complexity index is 512. The van der Waals surface area contributed by atoms with Crippen LogP contribution in [0.1, 0.15) is 13.8 Å². The summed E-state index contributed by atoms with van der Waals surface area (Å²) in [4.78, 5) is 22.5. The quantitative estimate of drug-likeness (QED) is 0.811. The molecule has 1 aromatic carbocycles. The Kier molecular flexibility index (Phi) is 3.33. The zero-order valence-electron chi connectivity index (χ0n) is 10.6. The first-order chi connectivity index (χ1) is 8.92. The number of hydrogen-bond acceptors (Lipinski definition) is 5. The van der Waals surface area contributed by atoms with E-state index in [1.165, 1.54) is 13.8 Å². The zero-order chi connectivity index (χ0) is 14.0. The van der Waals surface area contributed by atoms with Gasteiger partial charge in [0, 0.05) is 6.92 Å². The predicted octanol–water partition coefficient (Wildman–Crippen LogP) is 1.23. The minimum atomic E-state index is -1.39. The number of ether oxygens (including phenoxy) is 3. The van der Waals surface area contributed by atoms with Crippen LogP contribution in [0.4, 0.5) is 0 Å². The molecule has 2 rings (SSSR count). The molecule has 0 aliphatic carbocycles. The summed E-state index contributed by atoms with van der Waals surface area (Å²) in [6, 6.07) is 6.71. The second-order valence-corrected chi connectivity index (χ2v) is 4.48. The Morgan fingerprint density at radius 1 is 1.37 bits per heavy atom. The van der Waals surface area contributed by atoms with Gasteiger partial charge in [-0.15, -0.1) is 0 Å². The van der Waals surface area contributed by atoms with E-state index in [-0.39, 0.29) is 6.61 Å². The summed E-state index contributed by atoms with van der Waals surface area (Å²) >= 11 is 0. The van der Waals surface area contributed by atoms with Crippen LogP contribution in [-0.2, 0) is 14.3 Å². The molecule has 0 saturated heterocycles. The molecule has 0 spiro atoms. The van der Waals surface area contributed by atoms with Crippen molar-refractivity contribution in [2.24, 2.45) is 0 Å². The number of hydrogen-bond donors (Lipinski definition) is 1. The monoisotopic (exact) mass is 266 g/mol. The lowest BCUT2D eigenvalue weighted by Crippen LogP contribution is -2.53. The lowest BCUT2D eigenvalue weighted by atomic mass is 10.00. The highest BCUT2D eigenvalue weighted by molar-refractivity contribution is 5.76. The van der Waals surface area contributed by atoms with Gasteiger partial charge in [0.25, 0.3) is 0 Å². The smallest absolute Gasteiger partial charge is 0.349 e. The number of benzene rings is 1. The molecule has 1 heterocycles. The molecule has 0 aromatic heterocycles. The number of aliphatic carboxylic acids is 1. The number of esters is 1. The predicted molar refractivity (Wildman–Crippen MR) is 64.2 cm³/mol. The van der Waals surface area contributed by atoms with E-state index >= 15 is 0 Å². The van der Waals surface area contributed by atoms with Crippen LogP contribution in [0.25, 0.3) is 0 Å². The third-order valence-corrected chi connectivity index (χ3v) is 2.76. The van der Waals surface area contributed by atoms with Gasteiger partial charge in [-0.05, 0) is 19.1 Å². The van der Waals surface area contributed by atoms with Crippen molar-refractivity contribution in [3.05, 3.63) is 24.3 Å². The Morgan fingerprint density at radius 2 is 2.00 bits per heavy atom. The Morgan fingerprint density at radius 3 is 2.58 bits per heavy atom. The minimum Gasteiger partial charge on any atom is -0.485 e. The average molecular weight is 266 g/mol. The van der Waals surface area contributed by atoms with E-state index in [1.807, 2.05) is 0 Å². The number of carboxylic acids is 1. The highest BCUT2D eigenvalue weighted by Gasteiger charge is 2.47. The van der Waals surface area contributed by atoms with Gasteiger partial charge in [-0.25, -0.2) is 4.79 Å². The van der Waals surface area contributed by atoms with Gasteiger partial charge in [0.1, 0.15) is 6.61 Å². The van der Waals surface area contributed by atoms with E-state index in [0.717, 1.165) is 0 Å². The van der Waals surface area contributed by atoms with E-state index in [4.69, 9.17) is 14.2 Å². The van der Waals surface area contributed by atoms with Crippen LogP contribution in [0, 0.1) is 0 Å². The van der Waals surface area contributed by atoms with E-state index in [1.54, 1.807) is 24.3 Å². The molecule has 1 aliphatic heterocycles. The fraction of sp³-hybridized carbons (Fsp3) is 0.385. The number of carbonyl (C=O) groups excluding carboxylic acids is 1. The SMILES string of the molecule is CC(=O)OC1(C)COc2ccccc2OC1C(=O)O. The molecule has 0 bridgehead atoms. The first-order valence-electron chi connectivity index (χ1n) is 5.73. The molecule has 2 atom stereocenters. The van der Waals surface area contributed by atoms with E-state index < -0.39 is 23.6 Å². The molecule has 2 unspecified atom stereocenters. The number of fused-ring (bicyclic) bond motifs is 1. The van der Waals surface area contributed by atoms with E-state index in [2.05, 4.69) is 0 Å². The van der Waals surface area contributed by atoms with Crippen molar-refractivity contribution in [3.8, 4) is 11.5 Å². The van der Waals surface area contributed by atoms with E-state index in [9.17, 15) is 14.7 Å². The number of rotatable bonds is 2. The lowest BCUT2D eigenvalue weighted by molar-refractivity contribution is -0.178. The Balaban J connectivity index is 2.38. The van der Waals surface area contributed by atoms with Gasteiger partial charge in [0.05, 0.1) is 0 Å². The fourth-order valence-corrected chi connectivity index (χ4v) is 1.94. The molecule has 1 aliphatic rings. The van der Waals surface area contributed by atoms with Crippen molar-refractivity contribution in [1.82, 2.24) is 0 Å². The molecule has 0 fully saturated rings. The van der Waals surface area contributed by atoms with Crippen LogP contribution in [0.15, 0.2) is 24.3 Å². The van der Waals surface area contributed by atoms with Crippen molar-refractivity contribution in [1.29, 1.82) is 0 Å². The third kappa shape index (κ3) is 2.62. The lowest BCUT2D eigenvalue weighted by Gasteiger charge is -2.31. The normalized spacial score (nSPS) is 25.3. The Labute approximate surface area is 109 Å². The summed E-state index contributed by atoms with van der Waals surface area (Å²) in [6.45, 7) is 2.59. The van der Waals surface area contributed by atoms with Crippen molar-refractivity contribution < 1.29 is 28.9 Å². The van der Waals surface area contributed by atoms with Crippen molar-refractivity contribution in [3.63, 3.8) is 0 Å². The zero-order valence-corrected chi connectivity index (χ0v) is 10.6. The molecule has 1 N–H and O–H groups in total. The molecule has 19 heavy (non-hydrogen) atoms. The first-order valence-corrected chi connectivity index (χ1v) is 5.73. The van der Waals surface area contributed by atoms with Gasteiger partial charge in [-0.1, -0.05) is 12.1 Å². The second kappa shape index (κ2) is 4.79. The van der Waals surface area contributed by atoms with Gasteiger partial charge in [-0.2, -0.15) is 0 Å². The molecule has 102 valence electrons. The second-order valence-electron chi connectivity index (χ2n) is 4.48.